The van der Waals surface area contributed by atoms with Crippen molar-refractivity contribution in [2.75, 3.05) is 5.43 Å². The van der Waals surface area contributed by atoms with Crippen molar-refractivity contribution < 1.29 is 4.39 Å². The number of nitrogens with one attached hydrogen (secondary N) is 1. The third kappa shape index (κ3) is 3.27. The van der Waals surface area contributed by atoms with E-state index in [-0.39, 0.29) is 5.82 Å². The Kier molecular flexibility index (Phi) is 4.44. The van der Waals surface area contributed by atoms with Crippen LogP contribution < -0.4 is 11.3 Å². The molecule has 1 aromatic heterocycles. The number of benzene rings is 1. The van der Waals surface area contributed by atoms with Gasteiger partial charge in [0, 0.05) is 21.8 Å². The molecule has 0 aliphatic heterocycles. The third-order valence-electron chi connectivity index (χ3n) is 2.60. The molecule has 19 heavy (non-hydrogen) atoms. The zero-order valence-corrected chi connectivity index (χ0v) is 12.0. The molecule has 0 spiro atoms. The largest absolute Gasteiger partial charge is 0.308 e. The van der Waals surface area contributed by atoms with Crippen LogP contribution >= 0.6 is 15.9 Å². The van der Waals surface area contributed by atoms with Crippen LogP contribution in [0.5, 0.6) is 0 Å². The van der Waals surface area contributed by atoms with Crippen molar-refractivity contribution in [3.8, 4) is 11.4 Å². The minimum absolute atomic E-state index is 0.329. The van der Waals surface area contributed by atoms with Crippen molar-refractivity contribution in [1.82, 2.24) is 9.97 Å². The summed E-state index contributed by atoms with van der Waals surface area (Å²) in [5.74, 6) is 6.04. The number of aryl methyl sites for hydroxylation is 1. The van der Waals surface area contributed by atoms with Gasteiger partial charge in [0.05, 0.1) is 0 Å². The van der Waals surface area contributed by atoms with Crippen LogP contribution in [0.3, 0.4) is 0 Å². The van der Waals surface area contributed by atoms with E-state index in [2.05, 4.69) is 38.2 Å². The lowest BCUT2D eigenvalue weighted by Crippen LogP contribution is -2.10. The lowest BCUT2D eigenvalue weighted by molar-refractivity contribution is 0.628. The second-order valence-electron chi connectivity index (χ2n) is 4.09. The quantitative estimate of drug-likeness (QED) is 0.669. The maximum Gasteiger partial charge on any atom is 0.163 e. The van der Waals surface area contributed by atoms with Crippen LogP contribution in [0.2, 0.25) is 0 Å². The van der Waals surface area contributed by atoms with Crippen molar-refractivity contribution in [2.24, 2.45) is 5.84 Å². The van der Waals surface area contributed by atoms with Gasteiger partial charge in [-0.15, -0.1) is 0 Å². The fraction of sp³-hybridized carbons (Fsp3) is 0.231. The van der Waals surface area contributed by atoms with Gasteiger partial charge in [0.25, 0.3) is 0 Å². The smallest absolute Gasteiger partial charge is 0.163 e. The van der Waals surface area contributed by atoms with Crippen LogP contribution in [0.25, 0.3) is 11.4 Å². The van der Waals surface area contributed by atoms with E-state index in [4.69, 9.17) is 5.84 Å². The molecule has 0 amide bonds. The van der Waals surface area contributed by atoms with E-state index in [0.717, 1.165) is 23.0 Å². The fourth-order valence-corrected chi connectivity index (χ4v) is 2.17. The van der Waals surface area contributed by atoms with E-state index in [9.17, 15) is 4.39 Å². The average molecular weight is 325 g/mol. The van der Waals surface area contributed by atoms with Gasteiger partial charge in [-0.25, -0.2) is 20.2 Å². The van der Waals surface area contributed by atoms with Gasteiger partial charge in [-0.3, -0.25) is 0 Å². The third-order valence-corrected chi connectivity index (χ3v) is 3.29. The summed E-state index contributed by atoms with van der Waals surface area (Å²) < 4.78 is 14.1. The standard InChI is InChI=1S/C13H14BrFN4/c1-2-3-9-7-12(19-16)18-13(17-9)10-6-8(15)4-5-11(10)14/h4-7H,2-3,16H2,1H3,(H,17,18,19). The Balaban J connectivity index is 2.54. The number of hydrogen-bond acceptors (Lipinski definition) is 4. The predicted octanol–water partition coefficient (Wildman–Crippen LogP) is 3.28. The SMILES string of the molecule is CCCc1cc(NN)nc(-c2cc(F)ccc2Br)n1. The number of halogens is 2. The van der Waals surface area contributed by atoms with Crippen molar-refractivity contribution in [1.29, 1.82) is 0 Å². The molecule has 2 aromatic rings. The van der Waals surface area contributed by atoms with Crippen LogP contribution in [0.15, 0.2) is 28.7 Å². The highest BCUT2D eigenvalue weighted by Crippen LogP contribution is 2.27. The van der Waals surface area contributed by atoms with Gasteiger partial charge in [-0.2, -0.15) is 0 Å². The summed E-state index contributed by atoms with van der Waals surface area (Å²) in [4.78, 5) is 8.70. The molecular weight excluding hydrogens is 311 g/mol. The first kappa shape index (κ1) is 13.9. The van der Waals surface area contributed by atoms with Crippen LogP contribution in [0.1, 0.15) is 19.0 Å². The Morgan fingerprint density at radius 1 is 1.32 bits per heavy atom. The first-order valence-corrected chi connectivity index (χ1v) is 6.73. The summed E-state index contributed by atoms with van der Waals surface area (Å²) in [5.41, 5.74) is 3.99. The van der Waals surface area contributed by atoms with Gasteiger partial charge in [0.1, 0.15) is 11.6 Å². The molecule has 0 saturated carbocycles. The Hall–Kier alpha value is -1.53. The maximum atomic E-state index is 13.3. The number of hydrazine groups is 1. The van der Waals surface area contributed by atoms with E-state index in [0.29, 0.717) is 17.2 Å². The van der Waals surface area contributed by atoms with E-state index < -0.39 is 0 Å². The Bertz CT molecular complexity index is 589. The second-order valence-corrected chi connectivity index (χ2v) is 4.94. The number of nitrogen functional groups attached to an aromatic ring is 1. The van der Waals surface area contributed by atoms with Gasteiger partial charge in [0.2, 0.25) is 0 Å². The van der Waals surface area contributed by atoms with Crippen molar-refractivity contribution in [2.45, 2.75) is 19.8 Å². The molecule has 0 saturated heterocycles. The number of nitrogens with two attached hydrogens (primary N) is 1. The molecule has 0 bridgehead atoms. The summed E-state index contributed by atoms with van der Waals surface area (Å²) in [6, 6.07) is 6.21. The van der Waals surface area contributed by atoms with Crippen LogP contribution in [-0.2, 0) is 6.42 Å². The lowest BCUT2D eigenvalue weighted by Gasteiger charge is -2.08. The molecule has 4 nitrogen and oxygen atoms in total. The lowest BCUT2D eigenvalue weighted by atomic mass is 10.2. The van der Waals surface area contributed by atoms with E-state index in [1.807, 2.05) is 0 Å². The molecule has 1 heterocycles. The predicted molar refractivity (Wildman–Crippen MR) is 76.9 cm³/mol. The zero-order valence-electron chi connectivity index (χ0n) is 10.5. The summed E-state index contributed by atoms with van der Waals surface area (Å²) in [6.07, 6.45) is 1.78. The maximum absolute atomic E-state index is 13.3. The van der Waals surface area contributed by atoms with E-state index >= 15 is 0 Å². The molecule has 0 radical (unpaired) electrons. The van der Waals surface area contributed by atoms with Gasteiger partial charge in [-0.05, 0) is 24.6 Å². The van der Waals surface area contributed by atoms with E-state index in [1.165, 1.54) is 12.1 Å². The molecule has 0 aliphatic carbocycles. The van der Waals surface area contributed by atoms with Crippen molar-refractivity contribution >= 4 is 21.7 Å². The molecule has 0 unspecified atom stereocenters. The summed E-state index contributed by atoms with van der Waals surface area (Å²) >= 11 is 3.38. The van der Waals surface area contributed by atoms with Gasteiger partial charge in [0.15, 0.2) is 5.82 Å². The molecular formula is C13H14BrFN4. The van der Waals surface area contributed by atoms with Crippen LogP contribution in [0, 0.1) is 5.82 Å². The molecule has 1 aromatic carbocycles. The highest BCUT2D eigenvalue weighted by Gasteiger charge is 2.10. The molecule has 0 atom stereocenters. The fourth-order valence-electron chi connectivity index (χ4n) is 1.74. The normalized spacial score (nSPS) is 10.5. The average Bonchev–Trinajstić information content (AvgIpc) is 2.41. The van der Waals surface area contributed by atoms with Gasteiger partial charge in [-0.1, -0.05) is 29.3 Å². The number of hydrogen-bond donors (Lipinski definition) is 2. The van der Waals surface area contributed by atoms with Crippen LogP contribution in [-0.4, -0.2) is 9.97 Å². The molecule has 6 heteroatoms. The van der Waals surface area contributed by atoms with Crippen molar-refractivity contribution in [3.05, 3.63) is 40.2 Å². The highest BCUT2D eigenvalue weighted by atomic mass is 79.9. The number of aromatic nitrogens is 2. The monoisotopic (exact) mass is 324 g/mol. The summed E-state index contributed by atoms with van der Waals surface area (Å²) in [6.45, 7) is 2.06. The molecule has 2 rings (SSSR count). The molecule has 100 valence electrons. The highest BCUT2D eigenvalue weighted by molar-refractivity contribution is 9.10. The minimum Gasteiger partial charge on any atom is -0.308 e. The minimum atomic E-state index is -0.329. The summed E-state index contributed by atoms with van der Waals surface area (Å²) in [5, 5.41) is 0. The number of nitrogens with zero attached hydrogens (tertiary/aromatic N) is 2. The molecule has 3 N–H and O–H groups in total. The summed E-state index contributed by atoms with van der Waals surface area (Å²) in [7, 11) is 0. The molecule has 0 fully saturated rings. The topological polar surface area (TPSA) is 63.8 Å². The zero-order chi connectivity index (χ0) is 13.8. The second kappa shape index (κ2) is 6.08. The first-order chi connectivity index (χ1) is 9.13. The number of rotatable bonds is 4. The Morgan fingerprint density at radius 2 is 2.11 bits per heavy atom. The Morgan fingerprint density at radius 3 is 2.79 bits per heavy atom. The molecule has 0 aliphatic rings. The van der Waals surface area contributed by atoms with E-state index in [1.54, 1.807) is 12.1 Å². The Labute approximate surface area is 119 Å². The first-order valence-electron chi connectivity index (χ1n) is 5.94. The van der Waals surface area contributed by atoms with Gasteiger partial charge >= 0.3 is 0 Å². The van der Waals surface area contributed by atoms with Gasteiger partial charge < -0.3 is 5.43 Å². The number of anilines is 1. The van der Waals surface area contributed by atoms with Crippen LogP contribution in [0.4, 0.5) is 10.2 Å². The van der Waals surface area contributed by atoms with Crippen molar-refractivity contribution in [3.63, 3.8) is 0 Å².